The largest absolute Gasteiger partial charge is 0.497 e. The third-order valence-electron chi connectivity index (χ3n) is 5.96. The van der Waals surface area contributed by atoms with Crippen molar-refractivity contribution in [2.45, 2.75) is 45.1 Å². The molecular formula is C20H25NO3. The Morgan fingerprint density at radius 2 is 2.25 bits per heavy atom. The van der Waals surface area contributed by atoms with Gasteiger partial charge < -0.3 is 14.1 Å². The SMILES string of the molecule is CCC1CC2CCC1N(C(=O)Cc1coc3cc(OC)ccc13)C2. The van der Waals surface area contributed by atoms with Gasteiger partial charge in [-0.2, -0.15) is 0 Å². The number of hydrogen-bond acceptors (Lipinski definition) is 3. The van der Waals surface area contributed by atoms with Gasteiger partial charge in [0.05, 0.1) is 19.8 Å². The predicted molar refractivity (Wildman–Crippen MR) is 93.1 cm³/mol. The lowest BCUT2D eigenvalue weighted by Gasteiger charge is -2.50. The fourth-order valence-electron chi connectivity index (χ4n) is 4.65. The van der Waals surface area contributed by atoms with Crippen molar-refractivity contribution in [2.75, 3.05) is 13.7 Å². The van der Waals surface area contributed by atoms with E-state index in [-0.39, 0.29) is 5.91 Å². The highest BCUT2D eigenvalue weighted by Gasteiger charge is 2.41. The second kappa shape index (κ2) is 6.15. The number of nitrogens with zero attached hydrogens (tertiary/aromatic N) is 1. The highest BCUT2D eigenvalue weighted by Crippen LogP contribution is 2.40. The van der Waals surface area contributed by atoms with E-state index in [1.807, 2.05) is 18.2 Å². The van der Waals surface area contributed by atoms with Gasteiger partial charge in [-0.15, -0.1) is 0 Å². The summed E-state index contributed by atoms with van der Waals surface area (Å²) < 4.78 is 10.9. The van der Waals surface area contributed by atoms with E-state index in [1.165, 1.54) is 25.7 Å². The molecule has 5 rings (SSSR count). The van der Waals surface area contributed by atoms with Gasteiger partial charge in [-0.25, -0.2) is 0 Å². The van der Waals surface area contributed by atoms with E-state index in [0.29, 0.717) is 24.3 Å². The Kier molecular flexibility index (Phi) is 3.99. The molecule has 0 radical (unpaired) electrons. The highest BCUT2D eigenvalue weighted by molar-refractivity contribution is 5.88. The molecule has 0 spiro atoms. The molecule has 1 amide bonds. The first-order chi connectivity index (χ1) is 11.7. The van der Waals surface area contributed by atoms with Gasteiger partial charge in [-0.3, -0.25) is 4.79 Å². The van der Waals surface area contributed by atoms with Crippen molar-refractivity contribution in [3.05, 3.63) is 30.0 Å². The Morgan fingerprint density at radius 1 is 1.38 bits per heavy atom. The molecule has 3 heterocycles. The number of ether oxygens (including phenoxy) is 1. The molecule has 24 heavy (non-hydrogen) atoms. The number of furan rings is 1. The van der Waals surface area contributed by atoms with Crippen molar-refractivity contribution >= 4 is 16.9 Å². The molecule has 1 aliphatic carbocycles. The minimum atomic E-state index is 0.251. The second-order valence-electron chi connectivity index (χ2n) is 7.26. The van der Waals surface area contributed by atoms with Crippen LogP contribution in [0.5, 0.6) is 5.75 Å². The Labute approximate surface area is 142 Å². The maximum atomic E-state index is 12.9. The molecule has 2 aliphatic heterocycles. The predicted octanol–water partition coefficient (Wildman–Crippen LogP) is 4.02. The standard InChI is InChI=1S/C20H25NO3/c1-3-14-8-13-4-7-18(14)21(11-13)20(22)9-15-12-24-19-10-16(23-2)5-6-17(15)19/h5-6,10,12-14,18H,3-4,7-9,11H2,1-2H3. The first kappa shape index (κ1) is 15.6. The van der Waals surface area contributed by atoms with Crippen LogP contribution in [-0.4, -0.2) is 30.5 Å². The van der Waals surface area contributed by atoms with Crippen LogP contribution in [0, 0.1) is 11.8 Å². The Balaban J connectivity index is 1.54. The molecule has 4 nitrogen and oxygen atoms in total. The molecule has 3 atom stereocenters. The molecule has 1 saturated carbocycles. The van der Waals surface area contributed by atoms with E-state index >= 15 is 0 Å². The molecule has 2 aromatic rings. The highest BCUT2D eigenvalue weighted by atomic mass is 16.5. The van der Waals surface area contributed by atoms with Crippen molar-refractivity contribution in [3.63, 3.8) is 0 Å². The van der Waals surface area contributed by atoms with Crippen LogP contribution >= 0.6 is 0 Å². The van der Waals surface area contributed by atoms with Crippen molar-refractivity contribution < 1.29 is 13.9 Å². The number of benzene rings is 1. The third-order valence-corrected chi connectivity index (χ3v) is 5.96. The van der Waals surface area contributed by atoms with Gasteiger partial charge in [0.2, 0.25) is 5.91 Å². The first-order valence-corrected chi connectivity index (χ1v) is 9.03. The normalized spacial score (nSPS) is 26.1. The summed E-state index contributed by atoms with van der Waals surface area (Å²) in [6.07, 6.45) is 7.11. The van der Waals surface area contributed by atoms with Gasteiger partial charge in [0, 0.05) is 29.6 Å². The van der Waals surface area contributed by atoms with Crippen molar-refractivity contribution in [1.29, 1.82) is 0 Å². The maximum Gasteiger partial charge on any atom is 0.227 e. The van der Waals surface area contributed by atoms with Crippen LogP contribution in [0.1, 0.15) is 38.2 Å². The van der Waals surface area contributed by atoms with Crippen molar-refractivity contribution in [2.24, 2.45) is 11.8 Å². The van der Waals surface area contributed by atoms with Crippen molar-refractivity contribution in [3.8, 4) is 5.75 Å². The topological polar surface area (TPSA) is 42.7 Å². The minimum absolute atomic E-state index is 0.251. The summed E-state index contributed by atoms with van der Waals surface area (Å²) in [6.45, 7) is 3.20. The van der Waals surface area contributed by atoms with Crippen LogP contribution in [0.3, 0.4) is 0 Å². The molecule has 3 aliphatic rings. The molecule has 3 unspecified atom stereocenters. The van der Waals surface area contributed by atoms with E-state index in [2.05, 4.69) is 11.8 Å². The zero-order valence-electron chi connectivity index (χ0n) is 14.5. The average Bonchev–Trinajstić information content (AvgIpc) is 3.03. The van der Waals surface area contributed by atoms with Gasteiger partial charge in [0.15, 0.2) is 0 Å². The fraction of sp³-hybridized carbons (Fsp3) is 0.550. The maximum absolute atomic E-state index is 12.9. The van der Waals surface area contributed by atoms with Crippen LogP contribution in [0.4, 0.5) is 0 Å². The third kappa shape index (κ3) is 2.58. The number of methoxy groups -OCH3 is 1. The molecule has 2 bridgehead atoms. The smallest absolute Gasteiger partial charge is 0.227 e. The summed E-state index contributed by atoms with van der Waals surface area (Å²) >= 11 is 0. The Hall–Kier alpha value is -1.97. The van der Waals surface area contributed by atoms with Crippen LogP contribution in [-0.2, 0) is 11.2 Å². The lowest BCUT2D eigenvalue weighted by molar-refractivity contribution is -0.141. The minimum Gasteiger partial charge on any atom is -0.497 e. The van der Waals surface area contributed by atoms with Gasteiger partial charge in [0.25, 0.3) is 0 Å². The first-order valence-electron chi connectivity index (χ1n) is 9.03. The number of amides is 1. The lowest BCUT2D eigenvalue weighted by Crippen LogP contribution is -2.55. The molecule has 128 valence electrons. The molecule has 0 N–H and O–H groups in total. The zero-order valence-corrected chi connectivity index (χ0v) is 14.5. The van der Waals surface area contributed by atoms with Crippen LogP contribution < -0.4 is 4.74 Å². The number of fused-ring (bicyclic) bond motifs is 4. The van der Waals surface area contributed by atoms with Gasteiger partial charge in [0.1, 0.15) is 11.3 Å². The van der Waals surface area contributed by atoms with E-state index in [1.54, 1.807) is 13.4 Å². The van der Waals surface area contributed by atoms with E-state index in [9.17, 15) is 4.79 Å². The molecule has 1 aromatic heterocycles. The summed E-state index contributed by atoms with van der Waals surface area (Å²) in [7, 11) is 1.64. The Bertz CT molecular complexity index is 750. The number of rotatable bonds is 4. The summed E-state index contributed by atoms with van der Waals surface area (Å²) in [5.74, 6) is 2.41. The van der Waals surface area contributed by atoms with Crippen LogP contribution in [0.25, 0.3) is 11.0 Å². The van der Waals surface area contributed by atoms with Crippen molar-refractivity contribution in [1.82, 2.24) is 4.90 Å². The fourth-order valence-corrected chi connectivity index (χ4v) is 4.65. The summed E-state index contributed by atoms with van der Waals surface area (Å²) in [5, 5.41) is 1.01. The summed E-state index contributed by atoms with van der Waals surface area (Å²) in [5.41, 5.74) is 1.76. The summed E-state index contributed by atoms with van der Waals surface area (Å²) in [6, 6.07) is 6.23. The van der Waals surface area contributed by atoms with E-state index < -0.39 is 0 Å². The lowest BCUT2D eigenvalue weighted by atomic mass is 9.71. The molecular weight excluding hydrogens is 302 g/mol. The molecule has 1 aromatic carbocycles. The van der Waals surface area contributed by atoms with Gasteiger partial charge >= 0.3 is 0 Å². The number of carbonyl (C=O) groups is 1. The average molecular weight is 327 g/mol. The molecule has 2 saturated heterocycles. The van der Waals surface area contributed by atoms with Gasteiger partial charge in [-0.05, 0) is 43.2 Å². The second-order valence-corrected chi connectivity index (χ2v) is 7.26. The number of carbonyl (C=O) groups excluding carboxylic acids is 1. The molecule has 4 heteroatoms. The van der Waals surface area contributed by atoms with Crippen LogP contribution in [0.15, 0.2) is 28.9 Å². The van der Waals surface area contributed by atoms with Gasteiger partial charge in [-0.1, -0.05) is 13.3 Å². The zero-order chi connectivity index (χ0) is 16.7. The van der Waals surface area contributed by atoms with E-state index in [4.69, 9.17) is 9.15 Å². The number of hydrogen-bond donors (Lipinski definition) is 0. The Morgan fingerprint density at radius 3 is 3.00 bits per heavy atom. The van der Waals surface area contributed by atoms with E-state index in [0.717, 1.165) is 28.8 Å². The monoisotopic (exact) mass is 327 g/mol. The summed E-state index contributed by atoms with van der Waals surface area (Å²) in [4.78, 5) is 15.1. The quantitative estimate of drug-likeness (QED) is 0.852. The molecule has 3 fully saturated rings. The van der Waals surface area contributed by atoms with Crippen LogP contribution in [0.2, 0.25) is 0 Å². The number of piperidine rings is 2.